The molecule has 1 heterocycles. The third-order valence-electron chi connectivity index (χ3n) is 2.38. The van der Waals surface area contributed by atoms with E-state index in [-0.39, 0.29) is 10.6 Å². The zero-order valence-electron chi connectivity index (χ0n) is 8.21. The number of amides is 1. The number of nitrogen functional groups attached to an aromatic ring is 1. The monoisotopic (exact) mass is 246 g/mol. The molecule has 0 atom stereocenters. The molecule has 0 aliphatic carbocycles. The van der Waals surface area contributed by atoms with Gasteiger partial charge in [-0.05, 0) is 18.2 Å². The summed E-state index contributed by atoms with van der Waals surface area (Å²) in [5.41, 5.74) is 6.10. The highest BCUT2D eigenvalue weighted by molar-refractivity contribution is 6.33. The summed E-state index contributed by atoms with van der Waals surface area (Å²) >= 11 is 5.74. The van der Waals surface area contributed by atoms with Crippen molar-refractivity contribution >= 4 is 23.2 Å². The lowest BCUT2D eigenvalue weighted by atomic mass is 10.1. The van der Waals surface area contributed by atoms with Crippen LogP contribution in [0.3, 0.4) is 0 Å². The molecule has 1 amide bonds. The van der Waals surface area contributed by atoms with E-state index in [4.69, 9.17) is 17.3 Å². The first kappa shape index (κ1) is 11.1. The number of nitrogens with two attached hydrogens (primary N) is 1. The van der Waals surface area contributed by atoms with Gasteiger partial charge in [-0.25, -0.2) is 8.78 Å². The number of anilines is 1. The summed E-state index contributed by atoms with van der Waals surface area (Å²) in [6.07, 6.45) is 0. The standard InChI is InChI=1S/C10H9ClF2N2O/c11-7-3-6(1-2-8(7)14)9(16)15-4-10(12,13)5-15/h1-3H,4-5,14H2. The van der Waals surface area contributed by atoms with Crippen molar-refractivity contribution in [1.29, 1.82) is 0 Å². The fourth-order valence-corrected chi connectivity index (χ4v) is 1.68. The summed E-state index contributed by atoms with van der Waals surface area (Å²) in [6.45, 7) is -1.07. The minimum Gasteiger partial charge on any atom is -0.398 e. The Morgan fingerprint density at radius 3 is 2.56 bits per heavy atom. The molecular weight excluding hydrogens is 238 g/mol. The number of likely N-dealkylation sites (tertiary alicyclic amines) is 1. The van der Waals surface area contributed by atoms with E-state index in [0.717, 1.165) is 4.90 Å². The molecule has 0 unspecified atom stereocenters. The number of carbonyl (C=O) groups excluding carboxylic acids is 1. The second kappa shape index (κ2) is 3.59. The quantitative estimate of drug-likeness (QED) is 0.771. The van der Waals surface area contributed by atoms with Crippen LogP contribution >= 0.6 is 11.6 Å². The van der Waals surface area contributed by atoms with E-state index < -0.39 is 24.9 Å². The molecule has 86 valence electrons. The molecule has 0 bridgehead atoms. The first-order valence-electron chi connectivity index (χ1n) is 4.61. The highest BCUT2D eigenvalue weighted by Crippen LogP contribution is 2.29. The van der Waals surface area contributed by atoms with Crippen molar-refractivity contribution < 1.29 is 13.6 Å². The number of nitrogens with zero attached hydrogens (tertiary/aromatic N) is 1. The molecule has 0 spiro atoms. The van der Waals surface area contributed by atoms with Crippen molar-refractivity contribution in [2.24, 2.45) is 0 Å². The fourth-order valence-electron chi connectivity index (χ4n) is 1.50. The third kappa shape index (κ3) is 1.95. The lowest BCUT2D eigenvalue weighted by Gasteiger charge is -2.38. The van der Waals surface area contributed by atoms with Crippen molar-refractivity contribution in [3.05, 3.63) is 28.8 Å². The van der Waals surface area contributed by atoms with E-state index in [1.807, 2.05) is 0 Å². The molecule has 0 radical (unpaired) electrons. The van der Waals surface area contributed by atoms with Crippen LogP contribution in [0.2, 0.25) is 5.02 Å². The van der Waals surface area contributed by atoms with Crippen LogP contribution in [0.25, 0.3) is 0 Å². The van der Waals surface area contributed by atoms with E-state index in [2.05, 4.69) is 0 Å². The Bertz CT molecular complexity index is 442. The number of rotatable bonds is 1. The van der Waals surface area contributed by atoms with Crippen LogP contribution in [0.1, 0.15) is 10.4 Å². The SMILES string of the molecule is Nc1ccc(C(=O)N2CC(F)(F)C2)cc1Cl. The third-order valence-corrected chi connectivity index (χ3v) is 2.71. The summed E-state index contributed by atoms with van der Waals surface area (Å²) in [4.78, 5) is 12.7. The summed E-state index contributed by atoms with van der Waals surface area (Å²) in [5, 5.41) is 0.248. The van der Waals surface area contributed by atoms with Gasteiger partial charge in [-0.1, -0.05) is 11.6 Å². The van der Waals surface area contributed by atoms with Gasteiger partial charge in [-0.15, -0.1) is 0 Å². The maximum absolute atomic E-state index is 12.6. The Morgan fingerprint density at radius 1 is 1.44 bits per heavy atom. The summed E-state index contributed by atoms with van der Waals surface area (Å²) in [7, 11) is 0. The normalized spacial score (nSPS) is 18.1. The first-order chi connectivity index (χ1) is 7.39. The van der Waals surface area contributed by atoms with Gasteiger partial charge < -0.3 is 10.6 Å². The maximum Gasteiger partial charge on any atom is 0.282 e. The first-order valence-corrected chi connectivity index (χ1v) is 4.99. The van der Waals surface area contributed by atoms with Gasteiger partial charge in [0.2, 0.25) is 0 Å². The molecule has 3 nitrogen and oxygen atoms in total. The smallest absolute Gasteiger partial charge is 0.282 e. The Balaban J connectivity index is 2.13. The van der Waals surface area contributed by atoms with Crippen molar-refractivity contribution in [2.75, 3.05) is 18.8 Å². The molecule has 1 aliphatic rings. The Hall–Kier alpha value is -1.36. The molecule has 1 aromatic carbocycles. The minimum absolute atomic E-state index is 0.248. The average molecular weight is 247 g/mol. The highest BCUT2D eigenvalue weighted by atomic mass is 35.5. The molecule has 6 heteroatoms. The van der Waals surface area contributed by atoms with Crippen molar-refractivity contribution in [3.8, 4) is 0 Å². The number of alkyl halides is 2. The second-order valence-corrected chi connectivity index (χ2v) is 4.16. The molecule has 0 aromatic heterocycles. The van der Waals surface area contributed by atoms with E-state index >= 15 is 0 Å². The molecular formula is C10H9ClF2N2O. The molecule has 2 N–H and O–H groups in total. The van der Waals surface area contributed by atoms with Crippen molar-refractivity contribution in [2.45, 2.75) is 5.92 Å². The topological polar surface area (TPSA) is 46.3 Å². The molecule has 16 heavy (non-hydrogen) atoms. The Kier molecular flexibility index (Phi) is 2.50. The van der Waals surface area contributed by atoms with Crippen LogP contribution in [0.5, 0.6) is 0 Å². The number of carbonyl (C=O) groups is 1. The van der Waals surface area contributed by atoms with E-state index in [1.165, 1.54) is 18.2 Å². The molecule has 0 saturated carbocycles. The summed E-state index contributed by atoms with van der Waals surface area (Å²) in [6, 6.07) is 4.34. The van der Waals surface area contributed by atoms with Gasteiger partial charge in [0, 0.05) is 5.56 Å². The molecule has 2 rings (SSSR count). The number of halogens is 3. The molecule has 1 aromatic rings. The number of hydrogen-bond acceptors (Lipinski definition) is 2. The predicted molar refractivity (Wildman–Crippen MR) is 56.7 cm³/mol. The Labute approximate surface area is 95.8 Å². The van der Waals surface area contributed by atoms with E-state index in [1.54, 1.807) is 0 Å². The lowest BCUT2D eigenvalue weighted by Crippen LogP contribution is -2.58. The van der Waals surface area contributed by atoms with Crippen LogP contribution in [-0.2, 0) is 0 Å². The van der Waals surface area contributed by atoms with Gasteiger partial charge in [0.25, 0.3) is 11.8 Å². The molecule has 1 aliphatic heterocycles. The van der Waals surface area contributed by atoms with Crippen LogP contribution in [0.15, 0.2) is 18.2 Å². The van der Waals surface area contributed by atoms with Crippen LogP contribution in [0, 0.1) is 0 Å². The van der Waals surface area contributed by atoms with Gasteiger partial charge in [0.05, 0.1) is 23.8 Å². The van der Waals surface area contributed by atoms with Gasteiger partial charge >= 0.3 is 0 Å². The van der Waals surface area contributed by atoms with E-state index in [0.29, 0.717) is 5.69 Å². The predicted octanol–water partition coefficient (Wildman–Crippen LogP) is 2.01. The summed E-state index contributed by atoms with van der Waals surface area (Å²) in [5.74, 6) is -3.21. The average Bonchev–Trinajstić information content (AvgIpc) is 2.17. The maximum atomic E-state index is 12.6. The van der Waals surface area contributed by atoms with Crippen molar-refractivity contribution in [3.63, 3.8) is 0 Å². The minimum atomic E-state index is -2.76. The lowest BCUT2D eigenvalue weighted by molar-refractivity contribution is -0.113. The van der Waals surface area contributed by atoms with Gasteiger partial charge in [-0.3, -0.25) is 4.79 Å². The van der Waals surface area contributed by atoms with Crippen LogP contribution < -0.4 is 5.73 Å². The van der Waals surface area contributed by atoms with Gasteiger partial charge in [0.1, 0.15) is 0 Å². The molecule has 1 saturated heterocycles. The van der Waals surface area contributed by atoms with Gasteiger partial charge in [0.15, 0.2) is 0 Å². The van der Waals surface area contributed by atoms with Crippen molar-refractivity contribution in [1.82, 2.24) is 4.90 Å². The fraction of sp³-hybridized carbons (Fsp3) is 0.300. The van der Waals surface area contributed by atoms with E-state index in [9.17, 15) is 13.6 Å². The zero-order chi connectivity index (χ0) is 11.9. The van der Waals surface area contributed by atoms with Crippen LogP contribution in [-0.4, -0.2) is 29.8 Å². The number of benzene rings is 1. The van der Waals surface area contributed by atoms with Gasteiger partial charge in [-0.2, -0.15) is 0 Å². The number of hydrogen-bond donors (Lipinski definition) is 1. The second-order valence-electron chi connectivity index (χ2n) is 3.75. The Morgan fingerprint density at radius 2 is 2.06 bits per heavy atom. The largest absolute Gasteiger partial charge is 0.398 e. The van der Waals surface area contributed by atoms with Crippen LogP contribution in [0.4, 0.5) is 14.5 Å². The zero-order valence-corrected chi connectivity index (χ0v) is 8.97. The molecule has 1 fully saturated rings. The highest BCUT2D eigenvalue weighted by Gasteiger charge is 2.46. The summed E-state index contributed by atoms with van der Waals surface area (Å²) < 4.78 is 25.1.